The van der Waals surface area contributed by atoms with Gasteiger partial charge in [0.2, 0.25) is 0 Å². The van der Waals surface area contributed by atoms with Crippen molar-refractivity contribution >= 4 is 33.3 Å². The number of carbonyl (C=O) groups is 1. The molecule has 2 aromatic heterocycles. The van der Waals surface area contributed by atoms with Crippen LogP contribution in [0, 0.1) is 13.8 Å². The number of rotatable bonds is 4. The first-order chi connectivity index (χ1) is 11.5. The van der Waals surface area contributed by atoms with Crippen LogP contribution in [-0.2, 0) is 4.74 Å². The number of nitrogens with one attached hydrogen (secondary N) is 1. The quantitative estimate of drug-likeness (QED) is 0.831. The smallest absolute Gasteiger partial charge is 0.262 e. The van der Waals surface area contributed by atoms with E-state index in [-0.39, 0.29) is 11.4 Å². The first-order valence-corrected chi connectivity index (χ1v) is 8.82. The number of nitrogen functional groups attached to an aromatic ring is 1. The van der Waals surface area contributed by atoms with Crippen LogP contribution in [-0.4, -0.2) is 34.6 Å². The Balaban J connectivity index is 1.95. The third-order valence-corrected chi connectivity index (χ3v) is 5.68. The van der Waals surface area contributed by atoms with Gasteiger partial charge in [-0.1, -0.05) is 6.08 Å². The highest BCUT2D eigenvalue weighted by Gasteiger charge is 2.34. The van der Waals surface area contributed by atoms with Crippen molar-refractivity contribution in [1.82, 2.24) is 15.3 Å². The van der Waals surface area contributed by atoms with E-state index in [0.717, 1.165) is 35.0 Å². The minimum Gasteiger partial charge on any atom is -0.383 e. The van der Waals surface area contributed by atoms with E-state index in [2.05, 4.69) is 21.9 Å². The summed E-state index contributed by atoms with van der Waals surface area (Å²) in [5.41, 5.74) is 6.58. The summed E-state index contributed by atoms with van der Waals surface area (Å²) in [7, 11) is 0. The summed E-state index contributed by atoms with van der Waals surface area (Å²) in [5, 5.41) is 3.99. The second kappa shape index (κ2) is 6.49. The molecule has 1 saturated heterocycles. The fourth-order valence-electron chi connectivity index (χ4n) is 3.21. The zero-order valence-corrected chi connectivity index (χ0v) is 14.8. The number of anilines is 1. The largest absolute Gasteiger partial charge is 0.383 e. The molecule has 0 aromatic carbocycles. The van der Waals surface area contributed by atoms with Gasteiger partial charge in [-0.05, 0) is 38.7 Å². The van der Waals surface area contributed by atoms with Gasteiger partial charge in [-0.25, -0.2) is 9.97 Å². The maximum absolute atomic E-state index is 12.9. The zero-order valence-electron chi connectivity index (χ0n) is 14.0. The van der Waals surface area contributed by atoms with Crippen molar-refractivity contribution in [1.29, 1.82) is 0 Å². The van der Waals surface area contributed by atoms with Crippen molar-refractivity contribution in [2.75, 3.05) is 18.9 Å². The molecular weight excluding hydrogens is 324 g/mol. The lowest BCUT2D eigenvalue weighted by molar-refractivity contribution is 0.0370. The Labute approximate surface area is 145 Å². The topological polar surface area (TPSA) is 90.1 Å². The van der Waals surface area contributed by atoms with Gasteiger partial charge in [-0.3, -0.25) is 4.79 Å². The molecule has 1 amide bonds. The highest BCUT2D eigenvalue weighted by atomic mass is 32.1. The average Bonchev–Trinajstić information content (AvgIpc) is 2.85. The van der Waals surface area contributed by atoms with Crippen LogP contribution in [0.15, 0.2) is 12.7 Å². The van der Waals surface area contributed by atoms with Gasteiger partial charge in [0.25, 0.3) is 5.91 Å². The fourth-order valence-corrected chi connectivity index (χ4v) is 4.34. The molecule has 3 N–H and O–H groups in total. The third-order valence-electron chi connectivity index (χ3n) is 4.50. The Hall–Kier alpha value is -1.99. The van der Waals surface area contributed by atoms with Crippen LogP contribution in [0.25, 0.3) is 10.2 Å². The second-order valence-corrected chi connectivity index (χ2v) is 7.23. The molecule has 0 atom stereocenters. The normalized spacial score (nSPS) is 16.9. The summed E-state index contributed by atoms with van der Waals surface area (Å²) in [5.74, 6) is 0.953. The van der Waals surface area contributed by atoms with Gasteiger partial charge in [0, 0.05) is 18.8 Å². The summed E-state index contributed by atoms with van der Waals surface area (Å²) in [6.45, 7) is 8.82. The second-order valence-electron chi connectivity index (χ2n) is 6.23. The molecule has 3 heterocycles. The van der Waals surface area contributed by atoms with Crippen LogP contribution < -0.4 is 11.1 Å². The minimum absolute atomic E-state index is 0.0868. The molecule has 0 spiro atoms. The summed E-state index contributed by atoms with van der Waals surface area (Å²) < 4.78 is 5.44. The predicted octanol–water partition coefficient (Wildman–Crippen LogP) is 2.75. The molecule has 7 heteroatoms. The number of ether oxygens (including phenoxy) is 1. The summed E-state index contributed by atoms with van der Waals surface area (Å²) in [6.07, 6.45) is 4.16. The van der Waals surface area contributed by atoms with E-state index < -0.39 is 0 Å². The Kier molecular flexibility index (Phi) is 4.56. The molecule has 128 valence electrons. The number of aromatic nitrogens is 2. The number of nitrogens with zero attached hydrogens (tertiary/aromatic N) is 2. The third kappa shape index (κ3) is 3.01. The minimum atomic E-state index is -0.285. The van der Waals surface area contributed by atoms with Gasteiger partial charge < -0.3 is 15.8 Å². The first-order valence-electron chi connectivity index (χ1n) is 8.00. The standard InChI is InChI=1S/C17H22N4O2S/c1-4-5-17(6-8-23-9-7-17)21-15(22)13-10(2)12-14(18)19-11(3)20-16(12)24-13/h4H,1,5-9H2,2-3H3,(H,21,22)(H2,18,19,20). The zero-order chi connectivity index (χ0) is 17.3. The number of hydrogen-bond donors (Lipinski definition) is 2. The van der Waals surface area contributed by atoms with Crippen molar-refractivity contribution in [2.24, 2.45) is 0 Å². The number of amides is 1. The number of nitrogens with two attached hydrogens (primary N) is 1. The Morgan fingerprint density at radius 1 is 1.42 bits per heavy atom. The number of aryl methyl sites for hydroxylation is 2. The molecule has 1 fully saturated rings. The first kappa shape index (κ1) is 16.9. The summed E-state index contributed by atoms with van der Waals surface area (Å²) in [4.78, 5) is 22.9. The van der Waals surface area contributed by atoms with Crippen LogP contribution >= 0.6 is 11.3 Å². The highest BCUT2D eigenvalue weighted by Crippen LogP contribution is 2.33. The predicted molar refractivity (Wildman–Crippen MR) is 96.4 cm³/mol. The number of fused-ring (bicyclic) bond motifs is 1. The van der Waals surface area contributed by atoms with Crippen molar-refractivity contribution in [3.05, 3.63) is 28.9 Å². The highest BCUT2D eigenvalue weighted by molar-refractivity contribution is 7.20. The molecule has 3 rings (SSSR count). The van der Waals surface area contributed by atoms with Gasteiger partial charge in [0.1, 0.15) is 16.5 Å². The molecule has 1 aliphatic heterocycles. The van der Waals surface area contributed by atoms with Crippen LogP contribution in [0.1, 0.15) is 40.3 Å². The molecule has 0 radical (unpaired) electrons. The van der Waals surface area contributed by atoms with Gasteiger partial charge >= 0.3 is 0 Å². The lowest BCUT2D eigenvalue weighted by Crippen LogP contribution is -2.51. The van der Waals surface area contributed by atoms with Crippen LogP contribution in [0.3, 0.4) is 0 Å². The molecule has 0 bridgehead atoms. The summed E-state index contributed by atoms with van der Waals surface area (Å²) in [6, 6.07) is 0. The van der Waals surface area contributed by atoms with Gasteiger partial charge in [-0.15, -0.1) is 17.9 Å². The fraction of sp³-hybridized carbons (Fsp3) is 0.471. The Morgan fingerprint density at radius 3 is 2.79 bits per heavy atom. The molecule has 0 unspecified atom stereocenters. The molecular formula is C17H22N4O2S. The van der Waals surface area contributed by atoms with Gasteiger partial charge in [-0.2, -0.15) is 0 Å². The molecule has 24 heavy (non-hydrogen) atoms. The molecule has 0 aliphatic carbocycles. The maximum atomic E-state index is 12.9. The van der Waals surface area contributed by atoms with E-state index in [1.54, 1.807) is 6.92 Å². The van der Waals surface area contributed by atoms with Gasteiger partial charge in [0.15, 0.2) is 0 Å². The molecule has 0 saturated carbocycles. The number of thiophene rings is 1. The van der Waals surface area contributed by atoms with E-state index in [9.17, 15) is 4.79 Å². The van der Waals surface area contributed by atoms with E-state index in [4.69, 9.17) is 10.5 Å². The number of hydrogen-bond acceptors (Lipinski definition) is 6. The van der Waals surface area contributed by atoms with E-state index in [1.807, 2.05) is 13.0 Å². The van der Waals surface area contributed by atoms with E-state index >= 15 is 0 Å². The van der Waals surface area contributed by atoms with Gasteiger partial charge in [0.05, 0.1) is 10.3 Å². The lowest BCUT2D eigenvalue weighted by Gasteiger charge is -2.37. The Morgan fingerprint density at radius 2 is 2.12 bits per heavy atom. The van der Waals surface area contributed by atoms with E-state index in [0.29, 0.717) is 29.7 Å². The maximum Gasteiger partial charge on any atom is 0.262 e. The SMILES string of the molecule is C=CCC1(NC(=O)c2sc3nc(C)nc(N)c3c2C)CCOCC1. The summed E-state index contributed by atoms with van der Waals surface area (Å²) >= 11 is 1.37. The lowest BCUT2D eigenvalue weighted by atomic mass is 9.86. The van der Waals surface area contributed by atoms with Crippen molar-refractivity contribution in [3.8, 4) is 0 Å². The average molecular weight is 346 g/mol. The molecule has 6 nitrogen and oxygen atoms in total. The van der Waals surface area contributed by atoms with Crippen molar-refractivity contribution in [2.45, 2.75) is 38.6 Å². The monoisotopic (exact) mass is 346 g/mol. The van der Waals surface area contributed by atoms with Crippen molar-refractivity contribution in [3.63, 3.8) is 0 Å². The van der Waals surface area contributed by atoms with Crippen molar-refractivity contribution < 1.29 is 9.53 Å². The van der Waals surface area contributed by atoms with Crippen LogP contribution in [0.2, 0.25) is 0 Å². The number of carbonyl (C=O) groups excluding carboxylic acids is 1. The van der Waals surface area contributed by atoms with Crippen LogP contribution in [0.5, 0.6) is 0 Å². The Bertz CT molecular complexity index is 793. The molecule has 2 aromatic rings. The van der Waals surface area contributed by atoms with E-state index in [1.165, 1.54) is 11.3 Å². The van der Waals surface area contributed by atoms with Crippen LogP contribution in [0.4, 0.5) is 5.82 Å². The molecule has 1 aliphatic rings.